The van der Waals surface area contributed by atoms with Crippen molar-refractivity contribution in [1.82, 2.24) is 4.72 Å². The molecule has 1 saturated carbocycles. The molecule has 1 aromatic carbocycles. The van der Waals surface area contributed by atoms with E-state index in [2.05, 4.69) is 4.72 Å². The molecule has 1 saturated heterocycles. The summed E-state index contributed by atoms with van der Waals surface area (Å²) in [6, 6.07) is 4.40. The van der Waals surface area contributed by atoms with Gasteiger partial charge in [0.15, 0.2) is 0 Å². The van der Waals surface area contributed by atoms with Crippen molar-refractivity contribution in [3.05, 3.63) is 23.2 Å². The molecule has 2 unspecified atom stereocenters. The molecule has 0 bridgehead atoms. The number of ether oxygens (including phenoxy) is 2. The lowest BCUT2D eigenvalue weighted by atomic mass is 10.1. The monoisotopic (exact) mass is 374 g/mol. The quantitative estimate of drug-likeness (QED) is 0.723. The third kappa shape index (κ3) is 4.40. The van der Waals surface area contributed by atoms with Gasteiger partial charge in [-0.2, -0.15) is 0 Å². The van der Waals surface area contributed by atoms with Crippen LogP contribution in [-0.2, 0) is 14.8 Å². The Morgan fingerprint density at radius 1 is 1.38 bits per heavy atom. The third-order valence-corrected chi connectivity index (χ3v) is 6.19. The van der Waals surface area contributed by atoms with E-state index in [1.807, 2.05) is 0 Å². The van der Waals surface area contributed by atoms with Crippen molar-refractivity contribution in [2.45, 2.75) is 30.2 Å². The molecule has 1 aliphatic heterocycles. The van der Waals surface area contributed by atoms with Gasteiger partial charge in [0.2, 0.25) is 10.0 Å². The van der Waals surface area contributed by atoms with Crippen molar-refractivity contribution >= 4 is 21.6 Å². The highest BCUT2D eigenvalue weighted by Gasteiger charge is 2.34. The first-order valence-electron chi connectivity index (χ1n) is 8.22. The number of hydrogen-bond acceptors (Lipinski definition) is 5. The van der Waals surface area contributed by atoms with Crippen LogP contribution in [0.15, 0.2) is 23.1 Å². The molecule has 2 fully saturated rings. The van der Waals surface area contributed by atoms with Crippen LogP contribution < -0.4 is 15.2 Å². The molecule has 1 aliphatic carbocycles. The molecular weight excluding hydrogens is 352 g/mol. The molecule has 6 nitrogen and oxygen atoms in total. The summed E-state index contributed by atoms with van der Waals surface area (Å²) in [6.45, 7) is 2.07. The van der Waals surface area contributed by atoms with Crippen LogP contribution in [0.2, 0.25) is 5.02 Å². The van der Waals surface area contributed by atoms with E-state index in [0.717, 1.165) is 25.9 Å². The standard InChI is InChI=1S/C16H23ClN2O4S/c17-13-3-4-15(23-10-11-5-6-22-9-11)16(7-13)24(20,21)19-14(8-18)12-1-2-12/h3-4,7,11-12,14,19H,1-2,5-6,8-10,18H2. The molecule has 0 amide bonds. The Morgan fingerprint density at radius 3 is 2.79 bits per heavy atom. The minimum Gasteiger partial charge on any atom is -0.492 e. The molecule has 24 heavy (non-hydrogen) atoms. The summed E-state index contributed by atoms with van der Waals surface area (Å²) in [5, 5.41) is 0.350. The molecule has 0 aromatic heterocycles. The Kier molecular flexibility index (Phi) is 5.66. The zero-order valence-electron chi connectivity index (χ0n) is 13.4. The van der Waals surface area contributed by atoms with E-state index < -0.39 is 10.0 Å². The van der Waals surface area contributed by atoms with Gasteiger partial charge in [0, 0.05) is 30.1 Å². The third-order valence-electron chi connectivity index (χ3n) is 4.45. The molecule has 2 atom stereocenters. The van der Waals surface area contributed by atoms with Gasteiger partial charge in [-0.1, -0.05) is 11.6 Å². The van der Waals surface area contributed by atoms with Gasteiger partial charge in [0.05, 0.1) is 13.2 Å². The second-order valence-electron chi connectivity index (χ2n) is 6.43. The van der Waals surface area contributed by atoms with Gasteiger partial charge in [-0.25, -0.2) is 13.1 Å². The predicted octanol–water partition coefficient (Wildman–Crippen LogP) is 1.77. The SMILES string of the molecule is NCC(NS(=O)(=O)c1cc(Cl)ccc1OCC1CCOC1)C1CC1. The fraction of sp³-hybridized carbons (Fsp3) is 0.625. The highest BCUT2D eigenvalue weighted by molar-refractivity contribution is 7.89. The Bertz CT molecular complexity index is 673. The normalized spacial score (nSPS) is 22.5. The van der Waals surface area contributed by atoms with E-state index in [9.17, 15) is 8.42 Å². The van der Waals surface area contributed by atoms with E-state index >= 15 is 0 Å². The fourth-order valence-corrected chi connectivity index (χ4v) is 4.56. The van der Waals surface area contributed by atoms with Crippen LogP contribution in [0, 0.1) is 11.8 Å². The molecule has 1 heterocycles. The number of sulfonamides is 1. The lowest BCUT2D eigenvalue weighted by Crippen LogP contribution is -2.41. The van der Waals surface area contributed by atoms with Gasteiger partial charge in [-0.05, 0) is 43.4 Å². The number of rotatable bonds is 8. The summed E-state index contributed by atoms with van der Waals surface area (Å²) in [7, 11) is -3.75. The maximum absolute atomic E-state index is 12.8. The zero-order chi connectivity index (χ0) is 17.2. The van der Waals surface area contributed by atoms with Crippen LogP contribution in [0.3, 0.4) is 0 Å². The van der Waals surface area contributed by atoms with Crippen molar-refractivity contribution < 1.29 is 17.9 Å². The summed E-state index contributed by atoms with van der Waals surface area (Å²) in [6.07, 6.45) is 2.93. The Labute approximate surface area is 147 Å². The Balaban J connectivity index is 1.77. The number of hydrogen-bond donors (Lipinski definition) is 2. The summed E-state index contributed by atoms with van der Waals surface area (Å²) in [5.41, 5.74) is 5.71. The van der Waals surface area contributed by atoms with Gasteiger partial charge < -0.3 is 15.2 Å². The molecule has 0 spiro atoms. The van der Waals surface area contributed by atoms with E-state index in [4.69, 9.17) is 26.8 Å². The first-order chi connectivity index (χ1) is 11.5. The van der Waals surface area contributed by atoms with E-state index in [1.165, 1.54) is 6.07 Å². The number of halogens is 1. The molecule has 134 valence electrons. The van der Waals surface area contributed by atoms with Crippen LogP contribution in [0.4, 0.5) is 0 Å². The fourth-order valence-electron chi connectivity index (χ4n) is 2.83. The van der Waals surface area contributed by atoms with Crippen LogP contribution in [0.25, 0.3) is 0 Å². The van der Waals surface area contributed by atoms with E-state index in [0.29, 0.717) is 29.9 Å². The van der Waals surface area contributed by atoms with Gasteiger partial charge in [-0.15, -0.1) is 0 Å². The second kappa shape index (κ2) is 7.58. The van der Waals surface area contributed by atoms with Gasteiger partial charge >= 0.3 is 0 Å². The molecular formula is C16H23ClN2O4S. The summed E-state index contributed by atoms with van der Waals surface area (Å²) in [5.74, 6) is 0.918. The molecule has 8 heteroatoms. The first-order valence-corrected chi connectivity index (χ1v) is 10.1. The summed E-state index contributed by atoms with van der Waals surface area (Å²) in [4.78, 5) is 0.0630. The van der Waals surface area contributed by atoms with Gasteiger partial charge in [-0.3, -0.25) is 0 Å². The van der Waals surface area contributed by atoms with E-state index in [-0.39, 0.29) is 23.4 Å². The minimum atomic E-state index is -3.75. The Hall–Kier alpha value is -0.860. The minimum absolute atomic E-state index is 0.0630. The zero-order valence-corrected chi connectivity index (χ0v) is 15.0. The lowest BCUT2D eigenvalue weighted by Gasteiger charge is -2.19. The van der Waals surface area contributed by atoms with Crippen LogP contribution in [0.5, 0.6) is 5.75 Å². The van der Waals surface area contributed by atoms with Crippen molar-refractivity contribution in [2.24, 2.45) is 17.6 Å². The van der Waals surface area contributed by atoms with E-state index in [1.54, 1.807) is 12.1 Å². The van der Waals surface area contributed by atoms with Gasteiger partial charge in [0.1, 0.15) is 10.6 Å². The molecule has 2 aliphatic rings. The highest BCUT2D eigenvalue weighted by Crippen LogP contribution is 2.34. The first kappa shape index (κ1) is 17.9. The van der Waals surface area contributed by atoms with Gasteiger partial charge in [0.25, 0.3) is 0 Å². The summed E-state index contributed by atoms with van der Waals surface area (Å²) >= 11 is 6.00. The lowest BCUT2D eigenvalue weighted by molar-refractivity contribution is 0.166. The van der Waals surface area contributed by atoms with Crippen LogP contribution >= 0.6 is 11.6 Å². The number of nitrogens with one attached hydrogen (secondary N) is 1. The average Bonchev–Trinajstić information content (AvgIpc) is 3.27. The number of benzene rings is 1. The van der Waals surface area contributed by atoms with Crippen LogP contribution in [-0.4, -0.2) is 40.8 Å². The summed E-state index contributed by atoms with van der Waals surface area (Å²) < 4.78 is 39.3. The van der Waals surface area contributed by atoms with Crippen molar-refractivity contribution in [1.29, 1.82) is 0 Å². The van der Waals surface area contributed by atoms with Crippen LogP contribution in [0.1, 0.15) is 19.3 Å². The number of nitrogens with two attached hydrogens (primary N) is 1. The Morgan fingerprint density at radius 2 is 2.17 bits per heavy atom. The molecule has 3 rings (SSSR count). The second-order valence-corrected chi connectivity index (χ2v) is 8.55. The largest absolute Gasteiger partial charge is 0.492 e. The predicted molar refractivity (Wildman–Crippen MR) is 91.8 cm³/mol. The molecule has 3 N–H and O–H groups in total. The topological polar surface area (TPSA) is 90.7 Å². The van der Waals surface area contributed by atoms with Crippen molar-refractivity contribution in [3.63, 3.8) is 0 Å². The maximum Gasteiger partial charge on any atom is 0.244 e. The highest BCUT2D eigenvalue weighted by atomic mass is 35.5. The van der Waals surface area contributed by atoms with Crippen molar-refractivity contribution in [3.8, 4) is 5.75 Å². The molecule has 1 aromatic rings. The molecule has 0 radical (unpaired) electrons. The average molecular weight is 375 g/mol. The van der Waals surface area contributed by atoms with Crippen molar-refractivity contribution in [2.75, 3.05) is 26.4 Å². The smallest absolute Gasteiger partial charge is 0.244 e. The maximum atomic E-state index is 12.8.